The molecule has 30 heavy (non-hydrogen) atoms. The van der Waals surface area contributed by atoms with Gasteiger partial charge in [-0.15, -0.1) is 0 Å². The molecule has 0 aliphatic carbocycles. The fraction of sp³-hybridized carbons (Fsp3) is 0.200. The summed E-state index contributed by atoms with van der Waals surface area (Å²) in [5, 5.41) is 13.8. The van der Waals surface area contributed by atoms with E-state index >= 15 is 0 Å². The van der Waals surface area contributed by atoms with Crippen LogP contribution in [-0.4, -0.2) is 39.0 Å². The van der Waals surface area contributed by atoms with E-state index in [1.807, 2.05) is 31.2 Å². The lowest BCUT2D eigenvalue weighted by atomic mass is 10.1. The summed E-state index contributed by atoms with van der Waals surface area (Å²) in [4.78, 5) is 31.2. The largest absolute Gasteiger partial charge is 0.337 e. The summed E-state index contributed by atoms with van der Waals surface area (Å²) in [7, 11) is 0. The predicted molar refractivity (Wildman–Crippen MR) is 106 cm³/mol. The van der Waals surface area contributed by atoms with Gasteiger partial charge in [-0.2, -0.15) is 10.1 Å². The molecule has 1 aromatic heterocycles. The molecule has 0 radical (unpaired) electrons. The summed E-state index contributed by atoms with van der Waals surface area (Å²) in [6, 6.07) is 12.5. The second-order valence-corrected chi connectivity index (χ2v) is 7.50. The van der Waals surface area contributed by atoms with Crippen molar-refractivity contribution in [2.45, 2.75) is 25.6 Å². The van der Waals surface area contributed by atoms with Gasteiger partial charge in [-0.05, 0) is 25.1 Å². The Morgan fingerprint density at radius 2 is 1.90 bits per heavy atom. The average Bonchev–Trinajstić information content (AvgIpc) is 3.41. The van der Waals surface area contributed by atoms with E-state index in [1.54, 1.807) is 24.3 Å². The topological polar surface area (TPSA) is 104 Å². The first kappa shape index (κ1) is 18.4. The molecule has 5 rings (SSSR count). The van der Waals surface area contributed by atoms with Crippen LogP contribution in [-0.2, 0) is 16.1 Å². The van der Waals surface area contributed by atoms with Crippen molar-refractivity contribution in [3.8, 4) is 11.4 Å². The Labute approximate surface area is 175 Å². The van der Waals surface area contributed by atoms with Crippen LogP contribution >= 0.6 is 11.6 Å². The normalized spacial score (nSPS) is 20.3. The number of aryl methyl sites for hydroxylation is 1. The standard InChI is InChI=1S/C20H15ClN6O3/c1-11-5-7-12(8-6-11)18-22-15(30-24-18)10-26-17-16(23-25-26)19(28)27(20(17)29)14-4-2-3-13(21)9-14/h2-9,16-17H,10H2,1H3/t16-,17+/m1/s1. The second kappa shape index (κ2) is 7.03. The lowest BCUT2D eigenvalue weighted by Crippen LogP contribution is -2.39. The lowest BCUT2D eigenvalue weighted by Gasteiger charge is -2.19. The van der Waals surface area contributed by atoms with Gasteiger partial charge in [0.2, 0.25) is 11.7 Å². The zero-order chi connectivity index (χ0) is 20.8. The van der Waals surface area contributed by atoms with E-state index in [0.29, 0.717) is 16.5 Å². The highest BCUT2D eigenvalue weighted by molar-refractivity contribution is 6.31. The molecule has 0 spiro atoms. The van der Waals surface area contributed by atoms with E-state index in [2.05, 4.69) is 20.5 Å². The van der Waals surface area contributed by atoms with Gasteiger partial charge in [-0.25, -0.2) is 4.90 Å². The van der Waals surface area contributed by atoms with Crippen molar-refractivity contribution in [2.24, 2.45) is 10.3 Å². The number of imide groups is 1. The fourth-order valence-corrected chi connectivity index (χ4v) is 3.69. The minimum absolute atomic E-state index is 0.0614. The van der Waals surface area contributed by atoms with E-state index in [1.165, 1.54) is 5.01 Å². The van der Waals surface area contributed by atoms with Crippen molar-refractivity contribution in [3.05, 3.63) is 65.0 Å². The molecular formula is C20H15ClN6O3. The number of carbonyl (C=O) groups is 2. The molecule has 9 nitrogen and oxygen atoms in total. The van der Waals surface area contributed by atoms with Crippen LogP contribution in [0.4, 0.5) is 5.69 Å². The summed E-state index contributed by atoms with van der Waals surface area (Å²) in [6.07, 6.45) is 0. The van der Waals surface area contributed by atoms with Crippen LogP contribution in [0.15, 0.2) is 63.4 Å². The van der Waals surface area contributed by atoms with Crippen LogP contribution < -0.4 is 4.90 Å². The molecule has 2 aliphatic rings. The number of hydrogen-bond donors (Lipinski definition) is 0. The van der Waals surface area contributed by atoms with Crippen LogP contribution in [0.3, 0.4) is 0 Å². The maximum Gasteiger partial charge on any atom is 0.263 e. The molecule has 2 aromatic carbocycles. The van der Waals surface area contributed by atoms with E-state index in [9.17, 15) is 9.59 Å². The molecule has 1 fully saturated rings. The Morgan fingerprint density at radius 1 is 1.10 bits per heavy atom. The van der Waals surface area contributed by atoms with Crippen LogP contribution in [0, 0.1) is 6.92 Å². The SMILES string of the molecule is Cc1ccc(-c2noc(CN3N=N[C@H]4C(=O)N(c5cccc(Cl)c5)C(=O)[C@H]43)n2)cc1. The number of nitrogens with zero attached hydrogens (tertiary/aromatic N) is 6. The molecule has 2 amide bonds. The summed E-state index contributed by atoms with van der Waals surface area (Å²) >= 11 is 6.01. The highest BCUT2D eigenvalue weighted by Gasteiger charge is 2.55. The van der Waals surface area contributed by atoms with E-state index in [0.717, 1.165) is 16.0 Å². The maximum atomic E-state index is 13.0. The van der Waals surface area contributed by atoms with E-state index in [-0.39, 0.29) is 12.4 Å². The predicted octanol–water partition coefficient (Wildman–Crippen LogP) is 3.19. The highest BCUT2D eigenvalue weighted by atomic mass is 35.5. The quantitative estimate of drug-likeness (QED) is 0.598. The van der Waals surface area contributed by atoms with Gasteiger partial charge in [0, 0.05) is 10.6 Å². The van der Waals surface area contributed by atoms with Gasteiger partial charge in [0.25, 0.3) is 11.8 Å². The summed E-state index contributed by atoms with van der Waals surface area (Å²) in [6.45, 7) is 2.05. The molecule has 0 saturated carbocycles. The molecule has 0 unspecified atom stereocenters. The molecule has 2 atom stereocenters. The first-order valence-corrected chi connectivity index (χ1v) is 9.59. The minimum atomic E-state index is -0.907. The highest BCUT2D eigenvalue weighted by Crippen LogP contribution is 2.33. The van der Waals surface area contributed by atoms with Gasteiger partial charge >= 0.3 is 0 Å². The third kappa shape index (κ3) is 3.03. The lowest BCUT2D eigenvalue weighted by molar-refractivity contribution is -0.123. The first-order chi connectivity index (χ1) is 14.5. The van der Waals surface area contributed by atoms with Crippen molar-refractivity contribution in [1.29, 1.82) is 0 Å². The molecule has 3 aromatic rings. The van der Waals surface area contributed by atoms with Crippen molar-refractivity contribution in [2.75, 3.05) is 4.90 Å². The third-order valence-corrected chi connectivity index (χ3v) is 5.23. The number of amides is 2. The molecule has 0 bridgehead atoms. The van der Waals surface area contributed by atoms with Gasteiger partial charge in [0.1, 0.15) is 6.54 Å². The van der Waals surface area contributed by atoms with Gasteiger partial charge < -0.3 is 4.52 Å². The van der Waals surface area contributed by atoms with Crippen LogP contribution in [0.25, 0.3) is 11.4 Å². The van der Waals surface area contributed by atoms with Crippen molar-refractivity contribution in [1.82, 2.24) is 15.1 Å². The van der Waals surface area contributed by atoms with E-state index < -0.39 is 23.9 Å². The molecule has 10 heteroatoms. The Bertz CT molecular complexity index is 1180. The number of benzene rings is 2. The monoisotopic (exact) mass is 422 g/mol. The van der Waals surface area contributed by atoms with Crippen molar-refractivity contribution < 1.29 is 14.1 Å². The molecule has 150 valence electrons. The Kier molecular flexibility index (Phi) is 4.32. The Hall–Kier alpha value is -3.59. The van der Waals surface area contributed by atoms with Crippen molar-refractivity contribution in [3.63, 3.8) is 0 Å². The Balaban J connectivity index is 1.36. The molecule has 3 heterocycles. The zero-order valence-corrected chi connectivity index (χ0v) is 16.5. The second-order valence-electron chi connectivity index (χ2n) is 7.06. The minimum Gasteiger partial charge on any atom is -0.337 e. The molecule has 1 saturated heterocycles. The average molecular weight is 423 g/mol. The number of halogens is 1. The van der Waals surface area contributed by atoms with Gasteiger partial charge in [0.15, 0.2) is 12.1 Å². The number of fused-ring (bicyclic) bond motifs is 1. The van der Waals surface area contributed by atoms with Crippen LogP contribution in [0.2, 0.25) is 5.02 Å². The smallest absolute Gasteiger partial charge is 0.263 e. The van der Waals surface area contributed by atoms with Crippen LogP contribution in [0.1, 0.15) is 11.5 Å². The van der Waals surface area contributed by atoms with Crippen LogP contribution in [0.5, 0.6) is 0 Å². The molecular weight excluding hydrogens is 408 g/mol. The van der Waals surface area contributed by atoms with Crippen molar-refractivity contribution >= 4 is 29.1 Å². The Morgan fingerprint density at radius 3 is 2.67 bits per heavy atom. The molecule has 2 aliphatic heterocycles. The number of anilines is 1. The van der Waals surface area contributed by atoms with Gasteiger partial charge in [-0.1, -0.05) is 57.9 Å². The number of carbonyl (C=O) groups excluding carboxylic acids is 2. The summed E-state index contributed by atoms with van der Waals surface area (Å²) in [5.41, 5.74) is 2.34. The summed E-state index contributed by atoms with van der Waals surface area (Å²) < 4.78 is 5.32. The zero-order valence-electron chi connectivity index (χ0n) is 15.8. The van der Waals surface area contributed by atoms with Gasteiger partial charge in [-0.3, -0.25) is 14.6 Å². The first-order valence-electron chi connectivity index (χ1n) is 9.22. The maximum absolute atomic E-state index is 13.0. The molecule has 0 N–H and O–H groups in total. The number of hydrogen-bond acceptors (Lipinski definition) is 8. The third-order valence-electron chi connectivity index (χ3n) is 5.00. The number of aromatic nitrogens is 2. The summed E-state index contributed by atoms with van der Waals surface area (Å²) in [5.74, 6) is -0.154. The van der Waals surface area contributed by atoms with Gasteiger partial charge in [0.05, 0.1) is 5.69 Å². The van der Waals surface area contributed by atoms with E-state index in [4.69, 9.17) is 16.1 Å². The fourth-order valence-electron chi connectivity index (χ4n) is 3.50. The number of rotatable bonds is 4.